The third-order valence-corrected chi connectivity index (χ3v) is 4.26. The molecule has 0 spiro atoms. The molecule has 0 amide bonds. The van der Waals surface area contributed by atoms with Gasteiger partial charge in [0.2, 0.25) is 0 Å². The SMILES string of the molecule is C=C=CCOCC1OC(OCC=C=C)C(OCC=C=C)C(OCC=C=C)C1OCC=C=C. The van der Waals surface area contributed by atoms with Crippen molar-refractivity contribution in [3.05, 3.63) is 91.9 Å². The van der Waals surface area contributed by atoms with E-state index in [9.17, 15) is 0 Å². The van der Waals surface area contributed by atoms with Crippen LogP contribution in [0.1, 0.15) is 0 Å². The zero-order valence-electron chi connectivity index (χ0n) is 18.5. The van der Waals surface area contributed by atoms with Crippen molar-refractivity contribution in [3.63, 3.8) is 0 Å². The average molecular weight is 441 g/mol. The maximum absolute atomic E-state index is 6.20. The molecule has 0 aromatic heterocycles. The van der Waals surface area contributed by atoms with Crippen molar-refractivity contribution in [2.75, 3.05) is 39.6 Å². The van der Waals surface area contributed by atoms with Gasteiger partial charge in [-0.15, -0.1) is 28.7 Å². The van der Waals surface area contributed by atoms with Crippen molar-refractivity contribution >= 4 is 0 Å². The quantitative estimate of drug-likeness (QED) is 0.270. The van der Waals surface area contributed by atoms with Crippen molar-refractivity contribution < 1.29 is 28.4 Å². The predicted octanol–water partition coefficient (Wildman–Crippen LogP) is 3.61. The second-order valence-electron chi connectivity index (χ2n) is 6.35. The first-order valence-electron chi connectivity index (χ1n) is 10.1. The van der Waals surface area contributed by atoms with Gasteiger partial charge < -0.3 is 28.4 Å². The van der Waals surface area contributed by atoms with Crippen molar-refractivity contribution in [2.24, 2.45) is 0 Å². The summed E-state index contributed by atoms with van der Waals surface area (Å²) in [4.78, 5) is 0. The van der Waals surface area contributed by atoms with Crippen LogP contribution >= 0.6 is 0 Å². The maximum Gasteiger partial charge on any atom is 0.187 e. The lowest BCUT2D eigenvalue weighted by Crippen LogP contribution is -2.62. The molecular formula is C26H32O6. The zero-order chi connectivity index (χ0) is 23.4. The van der Waals surface area contributed by atoms with Crippen LogP contribution in [0.4, 0.5) is 0 Å². The molecule has 0 aliphatic carbocycles. The first kappa shape index (κ1) is 27.4. The molecule has 6 nitrogen and oxygen atoms in total. The molecular weight excluding hydrogens is 408 g/mol. The third-order valence-electron chi connectivity index (χ3n) is 4.26. The van der Waals surface area contributed by atoms with E-state index in [4.69, 9.17) is 28.4 Å². The first-order chi connectivity index (χ1) is 15.7. The van der Waals surface area contributed by atoms with Gasteiger partial charge in [-0.2, -0.15) is 0 Å². The molecule has 1 aliphatic rings. The molecule has 0 bridgehead atoms. The molecule has 172 valence electrons. The molecule has 1 heterocycles. The van der Waals surface area contributed by atoms with Crippen LogP contribution in [0.3, 0.4) is 0 Å². The Morgan fingerprint density at radius 2 is 1.00 bits per heavy atom. The summed E-state index contributed by atoms with van der Waals surface area (Å²) in [5.74, 6) is 0. The lowest BCUT2D eigenvalue weighted by atomic mass is 9.98. The summed E-state index contributed by atoms with van der Waals surface area (Å²) in [7, 11) is 0. The van der Waals surface area contributed by atoms with E-state index in [1.165, 1.54) is 0 Å². The Hall–Kier alpha value is -2.64. The molecule has 32 heavy (non-hydrogen) atoms. The topological polar surface area (TPSA) is 55.4 Å². The van der Waals surface area contributed by atoms with Crippen molar-refractivity contribution in [1.82, 2.24) is 0 Å². The number of hydrogen-bond donors (Lipinski definition) is 0. The summed E-state index contributed by atoms with van der Waals surface area (Å²) in [6, 6.07) is 0. The molecule has 0 radical (unpaired) electrons. The maximum atomic E-state index is 6.20. The highest BCUT2D eigenvalue weighted by Crippen LogP contribution is 2.29. The van der Waals surface area contributed by atoms with Crippen LogP contribution < -0.4 is 0 Å². The molecule has 1 fully saturated rings. The Bertz CT molecular complexity index is 785. The highest BCUT2D eigenvalue weighted by molar-refractivity contribution is 4.96. The molecule has 0 aromatic carbocycles. The van der Waals surface area contributed by atoms with Crippen molar-refractivity contribution in [3.8, 4) is 0 Å². The van der Waals surface area contributed by atoms with Gasteiger partial charge in [0.25, 0.3) is 0 Å². The van der Waals surface area contributed by atoms with E-state index >= 15 is 0 Å². The van der Waals surface area contributed by atoms with E-state index < -0.39 is 30.7 Å². The minimum absolute atomic E-state index is 0.230. The van der Waals surface area contributed by atoms with E-state index in [-0.39, 0.29) is 33.0 Å². The van der Waals surface area contributed by atoms with E-state index in [2.05, 4.69) is 61.6 Å². The summed E-state index contributed by atoms with van der Waals surface area (Å²) in [5.41, 5.74) is 13.4. The zero-order valence-corrected chi connectivity index (χ0v) is 18.5. The molecule has 5 atom stereocenters. The Kier molecular flexibility index (Phi) is 15.4. The summed E-state index contributed by atoms with van der Waals surface area (Å²) in [5, 5.41) is 0. The van der Waals surface area contributed by atoms with Gasteiger partial charge in [-0.3, -0.25) is 0 Å². The molecule has 1 saturated heterocycles. The molecule has 1 aliphatic heterocycles. The fourth-order valence-electron chi connectivity index (χ4n) is 2.87. The van der Waals surface area contributed by atoms with Gasteiger partial charge in [0.05, 0.1) is 39.6 Å². The molecule has 6 heteroatoms. The Morgan fingerprint density at radius 1 is 0.562 bits per heavy atom. The highest BCUT2D eigenvalue weighted by Gasteiger charge is 2.48. The second-order valence-corrected chi connectivity index (χ2v) is 6.35. The second kappa shape index (κ2) is 18.0. The van der Waals surface area contributed by atoms with Crippen molar-refractivity contribution in [2.45, 2.75) is 30.7 Å². The van der Waals surface area contributed by atoms with E-state index in [1.807, 2.05) is 0 Å². The minimum Gasteiger partial charge on any atom is -0.374 e. The van der Waals surface area contributed by atoms with Gasteiger partial charge in [-0.05, 0) is 30.4 Å². The van der Waals surface area contributed by atoms with Crippen LogP contribution in [-0.4, -0.2) is 70.3 Å². The van der Waals surface area contributed by atoms with Crippen LogP contribution in [0, 0.1) is 0 Å². The average Bonchev–Trinajstić information content (AvgIpc) is 2.80. The molecule has 5 unspecified atom stereocenters. The van der Waals surface area contributed by atoms with Gasteiger partial charge >= 0.3 is 0 Å². The lowest BCUT2D eigenvalue weighted by molar-refractivity contribution is -0.317. The van der Waals surface area contributed by atoms with E-state index in [0.717, 1.165) is 0 Å². The molecule has 0 saturated carbocycles. The fraction of sp³-hybridized carbons (Fsp3) is 0.423. The van der Waals surface area contributed by atoms with Gasteiger partial charge in [-0.1, -0.05) is 32.9 Å². The van der Waals surface area contributed by atoms with Crippen LogP contribution in [0.15, 0.2) is 91.9 Å². The van der Waals surface area contributed by atoms with Gasteiger partial charge in [0.15, 0.2) is 6.29 Å². The highest BCUT2D eigenvalue weighted by atomic mass is 16.7. The molecule has 1 rings (SSSR count). The van der Waals surface area contributed by atoms with Crippen LogP contribution in [-0.2, 0) is 28.4 Å². The normalized spacial score (nSPS) is 23.9. The number of hydrogen-bond acceptors (Lipinski definition) is 6. The summed E-state index contributed by atoms with van der Waals surface area (Å²) in [6.07, 6.45) is 5.39. The fourth-order valence-corrected chi connectivity index (χ4v) is 2.87. The number of ether oxygens (including phenoxy) is 6. The summed E-state index contributed by atoms with van der Waals surface area (Å²) >= 11 is 0. The molecule has 0 aromatic rings. The Morgan fingerprint density at radius 3 is 1.53 bits per heavy atom. The Labute approximate surface area is 191 Å². The van der Waals surface area contributed by atoms with Gasteiger partial charge in [0.1, 0.15) is 24.4 Å². The lowest BCUT2D eigenvalue weighted by Gasteiger charge is -2.45. The minimum atomic E-state index is -0.756. The number of rotatable bonds is 16. The smallest absolute Gasteiger partial charge is 0.187 e. The predicted molar refractivity (Wildman–Crippen MR) is 123 cm³/mol. The van der Waals surface area contributed by atoms with Crippen LogP contribution in [0.5, 0.6) is 0 Å². The molecule has 0 N–H and O–H groups in total. The van der Waals surface area contributed by atoms with Crippen LogP contribution in [0.2, 0.25) is 0 Å². The standard InChI is InChI=1S/C26H32O6/c1-6-11-16-27-21-22-23(28-17-12-7-2)24(29-18-13-8-3)25(30-19-14-9-4)26(32-22)31-20-15-10-5/h11-15,22-26H,1-5,16-21H2. The van der Waals surface area contributed by atoms with E-state index in [0.29, 0.717) is 6.61 Å². The van der Waals surface area contributed by atoms with E-state index in [1.54, 1.807) is 30.4 Å². The van der Waals surface area contributed by atoms with Gasteiger partial charge in [0, 0.05) is 0 Å². The Balaban J connectivity index is 3.22. The largest absolute Gasteiger partial charge is 0.374 e. The third kappa shape index (κ3) is 10.1. The van der Waals surface area contributed by atoms with Gasteiger partial charge in [-0.25, -0.2) is 0 Å². The summed E-state index contributed by atoms with van der Waals surface area (Å²) < 4.78 is 36.0. The first-order valence-corrected chi connectivity index (χ1v) is 10.1. The summed E-state index contributed by atoms with van der Waals surface area (Å²) in [6.45, 7) is 19.4. The van der Waals surface area contributed by atoms with Crippen LogP contribution in [0.25, 0.3) is 0 Å². The van der Waals surface area contributed by atoms with Crippen molar-refractivity contribution in [1.29, 1.82) is 0 Å². The monoisotopic (exact) mass is 440 g/mol.